The molecule has 0 saturated heterocycles. The van der Waals surface area contributed by atoms with Crippen molar-refractivity contribution in [2.24, 2.45) is 0 Å². The predicted molar refractivity (Wildman–Crippen MR) is 121 cm³/mol. The van der Waals surface area contributed by atoms with Crippen molar-refractivity contribution in [2.45, 2.75) is 6.42 Å². The molecule has 0 radical (unpaired) electrons. The summed E-state index contributed by atoms with van der Waals surface area (Å²) in [5.74, 6) is 0.0375. The minimum Gasteiger partial charge on any atom is -0.497 e. The van der Waals surface area contributed by atoms with E-state index in [1.54, 1.807) is 38.5 Å². The number of hydrogen-bond donors (Lipinski definition) is 1. The number of benzene rings is 3. The Balaban J connectivity index is 1.77. The molecule has 0 spiro atoms. The first kappa shape index (κ1) is 20.6. The van der Waals surface area contributed by atoms with Gasteiger partial charge in [0, 0.05) is 31.3 Å². The smallest absolute Gasteiger partial charge is 0.278 e. The summed E-state index contributed by atoms with van der Waals surface area (Å²) in [4.78, 5) is 27.8. The highest BCUT2D eigenvalue weighted by atomic mass is 16.5. The first-order chi connectivity index (χ1) is 15.1. The SMILES string of the molecule is COCCCN1C(=O)C(Nc2cccc3ccccc23)=C(c2ccc(OC)cc2)C1=O. The molecule has 4 rings (SSSR count). The highest BCUT2D eigenvalue weighted by Crippen LogP contribution is 2.33. The fourth-order valence-electron chi connectivity index (χ4n) is 3.76. The van der Waals surface area contributed by atoms with Gasteiger partial charge in [0.25, 0.3) is 11.8 Å². The molecule has 1 heterocycles. The number of methoxy groups -OCH3 is 2. The summed E-state index contributed by atoms with van der Waals surface area (Å²) < 4.78 is 10.3. The Kier molecular flexibility index (Phi) is 6.00. The van der Waals surface area contributed by atoms with Crippen LogP contribution in [0.4, 0.5) is 5.69 Å². The molecule has 31 heavy (non-hydrogen) atoms. The van der Waals surface area contributed by atoms with Crippen molar-refractivity contribution < 1.29 is 19.1 Å². The Bertz CT molecular complexity index is 1150. The first-order valence-corrected chi connectivity index (χ1v) is 10.1. The lowest BCUT2D eigenvalue weighted by Gasteiger charge is -2.15. The van der Waals surface area contributed by atoms with Crippen LogP contribution in [-0.4, -0.2) is 44.1 Å². The van der Waals surface area contributed by atoms with Gasteiger partial charge in [-0.05, 0) is 35.6 Å². The molecule has 6 nitrogen and oxygen atoms in total. The summed E-state index contributed by atoms with van der Waals surface area (Å²) in [5.41, 5.74) is 2.08. The zero-order valence-electron chi connectivity index (χ0n) is 17.6. The van der Waals surface area contributed by atoms with Crippen molar-refractivity contribution in [3.8, 4) is 5.75 Å². The molecule has 3 aromatic carbocycles. The van der Waals surface area contributed by atoms with Crippen molar-refractivity contribution in [1.29, 1.82) is 0 Å². The molecule has 0 atom stereocenters. The Labute approximate surface area is 181 Å². The third-order valence-electron chi connectivity index (χ3n) is 5.33. The normalized spacial score (nSPS) is 13.9. The van der Waals surface area contributed by atoms with Gasteiger partial charge in [-0.1, -0.05) is 48.5 Å². The minimum absolute atomic E-state index is 0.281. The zero-order valence-corrected chi connectivity index (χ0v) is 17.6. The Morgan fingerprint density at radius 3 is 2.35 bits per heavy atom. The molecule has 0 unspecified atom stereocenters. The number of amides is 2. The van der Waals surface area contributed by atoms with Crippen LogP contribution in [-0.2, 0) is 14.3 Å². The van der Waals surface area contributed by atoms with Crippen molar-refractivity contribution in [1.82, 2.24) is 4.90 Å². The summed E-state index contributed by atoms with van der Waals surface area (Å²) in [7, 11) is 3.19. The number of anilines is 1. The molecular weight excluding hydrogens is 392 g/mol. The topological polar surface area (TPSA) is 67.9 Å². The lowest BCUT2D eigenvalue weighted by atomic mass is 10.0. The number of nitrogens with zero attached hydrogens (tertiary/aromatic N) is 1. The third-order valence-corrected chi connectivity index (χ3v) is 5.33. The number of fused-ring (bicyclic) bond motifs is 1. The van der Waals surface area contributed by atoms with E-state index in [9.17, 15) is 9.59 Å². The van der Waals surface area contributed by atoms with Gasteiger partial charge in [-0.2, -0.15) is 0 Å². The quantitative estimate of drug-likeness (QED) is 0.443. The van der Waals surface area contributed by atoms with Gasteiger partial charge in [-0.25, -0.2) is 0 Å². The first-order valence-electron chi connectivity index (χ1n) is 10.1. The van der Waals surface area contributed by atoms with E-state index in [2.05, 4.69) is 5.32 Å². The number of hydrogen-bond acceptors (Lipinski definition) is 5. The monoisotopic (exact) mass is 416 g/mol. The average Bonchev–Trinajstić information content (AvgIpc) is 3.03. The van der Waals surface area contributed by atoms with E-state index >= 15 is 0 Å². The summed E-state index contributed by atoms with van der Waals surface area (Å²) in [6.45, 7) is 0.771. The second kappa shape index (κ2) is 9.02. The molecule has 1 aliphatic rings. The number of ether oxygens (including phenoxy) is 2. The lowest BCUT2D eigenvalue weighted by Crippen LogP contribution is -2.33. The molecule has 1 aliphatic heterocycles. The Hall–Kier alpha value is -3.64. The third kappa shape index (κ3) is 4.02. The van der Waals surface area contributed by atoms with Crippen LogP contribution in [0.5, 0.6) is 5.75 Å². The van der Waals surface area contributed by atoms with Crippen molar-refractivity contribution >= 4 is 33.8 Å². The highest BCUT2D eigenvalue weighted by Gasteiger charge is 2.39. The van der Waals surface area contributed by atoms with E-state index in [4.69, 9.17) is 9.47 Å². The van der Waals surface area contributed by atoms with Crippen molar-refractivity contribution in [3.05, 3.63) is 78.0 Å². The van der Waals surface area contributed by atoms with Gasteiger partial charge in [0.05, 0.1) is 12.7 Å². The van der Waals surface area contributed by atoms with E-state index in [-0.39, 0.29) is 17.5 Å². The number of imide groups is 1. The average molecular weight is 416 g/mol. The fourth-order valence-corrected chi connectivity index (χ4v) is 3.76. The number of rotatable bonds is 8. The van der Waals surface area contributed by atoms with Crippen LogP contribution in [0.1, 0.15) is 12.0 Å². The van der Waals surface area contributed by atoms with Gasteiger partial charge in [-0.3, -0.25) is 14.5 Å². The molecule has 2 amide bonds. The maximum absolute atomic E-state index is 13.3. The lowest BCUT2D eigenvalue weighted by molar-refractivity contribution is -0.136. The van der Waals surface area contributed by atoms with Gasteiger partial charge >= 0.3 is 0 Å². The van der Waals surface area contributed by atoms with Gasteiger partial charge < -0.3 is 14.8 Å². The maximum atomic E-state index is 13.3. The molecule has 0 aliphatic carbocycles. The molecule has 0 aromatic heterocycles. The van der Waals surface area contributed by atoms with Crippen LogP contribution in [0.2, 0.25) is 0 Å². The fraction of sp³-hybridized carbons (Fsp3) is 0.200. The second-order valence-corrected chi connectivity index (χ2v) is 7.24. The van der Waals surface area contributed by atoms with Gasteiger partial charge in [0.1, 0.15) is 11.4 Å². The summed E-state index contributed by atoms with van der Waals surface area (Å²) in [5, 5.41) is 5.29. The summed E-state index contributed by atoms with van der Waals surface area (Å²) in [6, 6.07) is 20.9. The molecular formula is C25H24N2O4. The molecule has 0 bridgehead atoms. The largest absolute Gasteiger partial charge is 0.497 e. The van der Waals surface area contributed by atoms with Gasteiger partial charge in [-0.15, -0.1) is 0 Å². The van der Waals surface area contributed by atoms with E-state index in [0.717, 1.165) is 16.5 Å². The van der Waals surface area contributed by atoms with Gasteiger partial charge in [0.2, 0.25) is 0 Å². The van der Waals surface area contributed by atoms with Crippen LogP contribution >= 0.6 is 0 Å². The van der Waals surface area contributed by atoms with E-state index < -0.39 is 0 Å². The van der Waals surface area contributed by atoms with Gasteiger partial charge in [0.15, 0.2) is 0 Å². The number of nitrogens with one attached hydrogen (secondary N) is 1. The maximum Gasteiger partial charge on any atom is 0.278 e. The predicted octanol–water partition coefficient (Wildman–Crippen LogP) is 4.08. The van der Waals surface area contributed by atoms with Crippen LogP contribution in [0.25, 0.3) is 16.3 Å². The molecule has 0 saturated carbocycles. The molecule has 1 N–H and O–H groups in total. The van der Waals surface area contributed by atoms with Crippen LogP contribution in [0.3, 0.4) is 0 Å². The van der Waals surface area contributed by atoms with E-state index in [1.165, 1.54) is 4.90 Å². The van der Waals surface area contributed by atoms with E-state index in [0.29, 0.717) is 36.5 Å². The van der Waals surface area contributed by atoms with Crippen molar-refractivity contribution in [3.63, 3.8) is 0 Å². The number of carbonyl (C=O) groups is 2. The highest BCUT2D eigenvalue weighted by molar-refractivity contribution is 6.36. The van der Waals surface area contributed by atoms with Crippen LogP contribution < -0.4 is 10.1 Å². The van der Waals surface area contributed by atoms with E-state index in [1.807, 2.05) is 42.5 Å². The second-order valence-electron chi connectivity index (χ2n) is 7.24. The summed E-state index contributed by atoms with van der Waals surface area (Å²) in [6.07, 6.45) is 0.575. The molecule has 3 aromatic rings. The molecule has 158 valence electrons. The zero-order chi connectivity index (χ0) is 21.8. The molecule has 0 fully saturated rings. The standard InChI is InChI=1S/C25H24N2O4/c1-30-16-6-15-27-24(28)22(18-11-13-19(31-2)14-12-18)23(25(27)29)26-21-10-5-8-17-7-3-4-9-20(17)21/h3-5,7-14,26H,6,15-16H2,1-2H3. The summed E-state index contributed by atoms with van der Waals surface area (Å²) >= 11 is 0. The van der Waals surface area contributed by atoms with Crippen LogP contribution in [0.15, 0.2) is 72.4 Å². The Morgan fingerprint density at radius 2 is 1.61 bits per heavy atom. The minimum atomic E-state index is -0.333. The number of carbonyl (C=O) groups excluding carboxylic acids is 2. The van der Waals surface area contributed by atoms with Crippen LogP contribution in [0, 0.1) is 0 Å². The van der Waals surface area contributed by atoms with Crippen molar-refractivity contribution in [2.75, 3.05) is 32.7 Å². The molecule has 6 heteroatoms. The Morgan fingerprint density at radius 1 is 0.871 bits per heavy atom.